The van der Waals surface area contributed by atoms with Gasteiger partial charge in [0, 0.05) is 38.2 Å². The van der Waals surface area contributed by atoms with Gasteiger partial charge >= 0.3 is 0 Å². The van der Waals surface area contributed by atoms with Gasteiger partial charge in [-0.3, -0.25) is 9.59 Å². The van der Waals surface area contributed by atoms with Gasteiger partial charge in [-0.05, 0) is 31.0 Å². The van der Waals surface area contributed by atoms with Gasteiger partial charge < -0.3 is 30.7 Å². The highest BCUT2D eigenvalue weighted by Crippen LogP contribution is 2.30. The van der Waals surface area contributed by atoms with Gasteiger partial charge in [0.05, 0.1) is 25.6 Å². The smallest absolute Gasteiger partial charge is 0.251 e. The number of hydrogen-bond acceptors (Lipinski definition) is 8. The zero-order chi connectivity index (χ0) is 24.5. The van der Waals surface area contributed by atoms with Crippen molar-refractivity contribution in [3.05, 3.63) is 35.0 Å². The predicted molar refractivity (Wildman–Crippen MR) is 131 cm³/mol. The Morgan fingerprint density at radius 1 is 1.18 bits per heavy atom. The van der Waals surface area contributed by atoms with E-state index in [1.54, 1.807) is 25.3 Å². The number of nitrogens with zero attached hydrogens (tertiary/aromatic N) is 2. The summed E-state index contributed by atoms with van der Waals surface area (Å²) in [5.74, 6) is 0.976. The largest absolute Gasteiger partial charge is 0.495 e. The Bertz CT molecular complexity index is 1010. The maximum atomic E-state index is 12.3. The molecule has 0 bridgehead atoms. The van der Waals surface area contributed by atoms with Gasteiger partial charge in [0.25, 0.3) is 5.91 Å². The lowest BCUT2D eigenvalue weighted by Gasteiger charge is -2.33. The molecule has 0 radical (unpaired) electrons. The molecule has 1 aromatic carbocycles. The van der Waals surface area contributed by atoms with E-state index in [1.165, 1.54) is 20.2 Å². The van der Waals surface area contributed by atoms with E-state index >= 15 is 0 Å². The Balaban J connectivity index is 1.74. The van der Waals surface area contributed by atoms with E-state index in [-0.39, 0.29) is 23.9 Å². The number of hydrogen-bond donors (Lipinski definition) is 4. The number of aromatic nitrogens is 2. The molecule has 4 N–H and O–H groups in total. The minimum absolute atomic E-state index is 0.0105. The molecule has 1 fully saturated rings. The highest BCUT2D eigenvalue weighted by atomic mass is 35.5. The molecule has 2 amide bonds. The van der Waals surface area contributed by atoms with E-state index in [0.29, 0.717) is 46.9 Å². The van der Waals surface area contributed by atoms with Crippen LogP contribution in [0.2, 0.25) is 5.02 Å². The van der Waals surface area contributed by atoms with Crippen molar-refractivity contribution in [1.29, 1.82) is 0 Å². The summed E-state index contributed by atoms with van der Waals surface area (Å²) < 4.78 is 10.4. The van der Waals surface area contributed by atoms with Crippen LogP contribution in [-0.2, 0) is 9.53 Å². The van der Waals surface area contributed by atoms with Crippen molar-refractivity contribution in [2.45, 2.75) is 44.7 Å². The van der Waals surface area contributed by atoms with Crippen LogP contribution in [0.1, 0.15) is 43.0 Å². The topological polar surface area (TPSA) is 126 Å². The molecule has 10 nitrogen and oxygen atoms in total. The van der Waals surface area contributed by atoms with Crippen LogP contribution in [0.15, 0.2) is 24.4 Å². The van der Waals surface area contributed by atoms with Crippen LogP contribution in [0.4, 0.5) is 17.5 Å². The third kappa shape index (κ3) is 6.94. The average molecular weight is 491 g/mol. The Kier molecular flexibility index (Phi) is 9.29. The number of ether oxygens (including phenoxy) is 2. The first-order chi connectivity index (χ1) is 16.4. The molecule has 2 aromatic rings. The van der Waals surface area contributed by atoms with Crippen LogP contribution < -0.4 is 26.0 Å². The lowest BCUT2D eigenvalue weighted by molar-refractivity contribution is -0.119. The summed E-state index contributed by atoms with van der Waals surface area (Å²) in [6, 6.07) is 5.07. The van der Waals surface area contributed by atoms with Gasteiger partial charge in [-0.15, -0.1) is 0 Å². The first-order valence-corrected chi connectivity index (χ1v) is 11.6. The number of anilines is 3. The van der Waals surface area contributed by atoms with E-state index in [1.807, 2.05) is 0 Å². The molecule has 0 spiro atoms. The second kappa shape index (κ2) is 12.4. The Morgan fingerprint density at radius 3 is 2.65 bits per heavy atom. The fourth-order valence-corrected chi connectivity index (χ4v) is 4.01. The zero-order valence-electron chi connectivity index (χ0n) is 19.6. The van der Waals surface area contributed by atoms with E-state index < -0.39 is 0 Å². The molecular weight excluding hydrogens is 460 g/mol. The first-order valence-electron chi connectivity index (χ1n) is 11.2. The molecule has 0 aliphatic heterocycles. The molecule has 1 saturated carbocycles. The quantitative estimate of drug-likeness (QED) is 0.374. The second-order valence-corrected chi connectivity index (χ2v) is 8.43. The van der Waals surface area contributed by atoms with E-state index in [0.717, 1.165) is 25.7 Å². The molecular formula is C23H31ClN6O4. The number of benzene rings is 1. The van der Waals surface area contributed by atoms with Crippen molar-refractivity contribution in [2.75, 3.05) is 38.0 Å². The number of carbonyl (C=O) groups excluding carboxylic acids is 2. The first kappa shape index (κ1) is 25.5. The van der Waals surface area contributed by atoms with Crippen molar-refractivity contribution in [2.24, 2.45) is 0 Å². The molecule has 1 aliphatic rings. The van der Waals surface area contributed by atoms with Gasteiger partial charge in [-0.25, -0.2) is 4.98 Å². The predicted octanol–water partition coefficient (Wildman–Crippen LogP) is 3.12. The van der Waals surface area contributed by atoms with Gasteiger partial charge in [-0.2, -0.15) is 4.98 Å². The zero-order valence-corrected chi connectivity index (χ0v) is 20.4. The number of rotatable bonds is 10. The molecule has 2 atom stereocenters. The second-order valence-electron chi connectivity index (χ2n) is 8.02. The van der Waals surface area contributed by atoms with E-state index in [4.69, 9.17) is 21.1 Å². The van der Waals surface area contributed by atoms with Crippen LogP contribution in [0, 0.1) is 0 Å². The lowest BCUT2D eigenvalue weighted by atomic mass is 9.90. The number of amides is 2. The van der Waals surface area contributed by atoms with Crippen LogP contribution >= 0.6 is 11.6 Å². The molecule has 3 rings (SSSR count). The maximum absolute atomic E-state index is 12.3. The van der Waals surface area contributed by atoms with Crippen molar-refractivity contribution in [1.82, 2.24) is 20.6 Å². The van der Waals surface area contributed by atoms with Gasteiger partial charge in [0.15, 0.2) is 5.82 Å². The fourth-order valence-electron chi connectivity index (χ4n) is 3.87. The Morgan fingerprint density at radius 2 is 1.94 bits per heavy atom. The van der Waals surface area contributed by atoms with Gasteiger partial charge in [-0.1, -0.05) is 24.4 Å². The Labute approximate surface area is 204 Å². The van der Waals surface area contributed by atoms with Crippen LogP contribution in [0.5, 0.6) is 5.75 Å². The monoisotopic (exact) mass is 490 g/mol. The molecule has 11 heteroatoms. The molecule has 1 aliphatic carbocycles. The normalized spacial score (nSPS) is 17.5. The third-order valence-electron chi connectivity index (χ3n) is 5.52. The molecule has 1 aromatic heterocycles. The highest BCUT2D eigenvalue weighted by Gasteiger charge is 2.26. The van der Waals surface area contributed by atoms with Crippen LogP contribution in [0.3, 0.4) is 0 Å². The van der Waals surface area contributed by atoms with Crippen molar-refractivity contribution < 1.29 is 19.1 Å². The lowest BCUT2D eigenvalue weighted by Crippen LogP contribution is -2.48. The third-order valence-corrected chi connectivity index (χ3v) is 5.80. The van der Waals surface area contributed by atoms with Gasteiger partial charge in [0.1, 0.15) is 10.8 Å². The highest BCUT2D eigenvalue weighted by molar-refractivity contribution is 6.32. The molecule has 1 heterocycles. The van der Waals surface area contributed by atoms with Crippen molar-refractivity contribution in [3.8, 4) is 5.75 Å². The standard InChI is InChI=1S/C23H31ClN6O4/c1-14(31)27-17-6-4-5-7-18(17)28-21-16(24)13-26-23(30-21)29-19-9-8-15(12-20(19)34-3)22(32)25-10-11-33-2/h8-9,12-13,17-18H,4-7,10-11H2,1-3H3,(H,25,32)(H,27,31)(H2,26,28,29,30). The molecule has 2 unspecified atom stereocenters. The Hall–Kier alpha value is -3.11. The minimum atomic E-state index is -0.225. The minimum Gasteiger partial charge on any atom is -0.495 e. The van der Waals surface area contributed by atoms with Crippen LogP contribution in [0.25, 0.3) is 0 Å². The van der Waals surface area contributed by atoms with Crippen molar-refractivity contribution >= 4 is 40.9 Å². The average Bonchev–Trinajstić information content (AvgIpc) is 2.82. The fraction of sp³-hybridized carbons (Fsp3) is 0.478. The van der Waals surface area contributed by atoms with E-state index in [9.17, 15) is 9.59 Å². The van der Waals surface area contributed by atoms with Crippen LogP contribution in [-0.4, -0.2) is 61.2 Å². The summed E-state index contributed by atoms with van der Waals surface area (Å²) in [4.78, 5) is 32.7. The summed E-state index contributed by atoms with van der Waals surface area (Å²) in [6.07, 6.45) is 5.43. The maximum Gasteiger partial charge on any atom is 0.251 e. The number of nitrogens with one attached hydrogen (secondary N) is 4. The molecule has 0 saturated heterocycles. The van der Waals surface area contributed by atoms with Crippen molar-refractivity contribution in [3.63, 3.8) is 0 Å². The summed E-state index contributed by atoms with van der Waals surface area (Å²) in [5, 5.41) is 12.7. The van der Waals surface area contributed by atoms with Gasteiger partial charge in [0.2, 0.25) is 11.9 Å². The van der Waals surface area contributed by atoms with E-state index in [2.05, 4.69) is 31.2 Å². The summed E-state index contributed by atoms with van der Waals surface area (Å²) in [5.41, 5.74) is 1.05. The number of halogens is 1. The molecule has 34 heavy (non-hydrogen) atoms. The summed E-state index contributed by atoms with van der Waals surface area (Å²) in [6.45, 7) is 2.36. The number of carbonyl (C=O) groups is 2. The summed E-state index contributed by atoms with van der Waals surface area (Å²) in [7, 11) is 3.10. The molecule has 184 valence electrons. The SMILES string of the molecule is COCCNC(=O)c1ccc(Nc2ncc(Cl)c(NC3CCCCC3NC(C)=O)n2)c(OC)c1. The number of methoxy groups -OCH3 is 2. The summed E-state index contributed by atoms with van der Waals surface area (Å²) >= 11 is 6.36.